The third-order valence-corrected chi connectivity index (χ3v) is 5.87. The molecule has 0 bridgehead atoms. The van der Waals surface area contributed by atoms with Crippen LogP contribution >= 0.6 is 0 Å². The zero-order valence-electron chi connectivity index (χ0n) is 16.8. The van der Waals surface area contributed by atoms with E-state index in [1.165, 1.54) is 0 Å². The van der Waals surface area contributed by atoms with E-state index in [1.54, 1.807) is 4.90 Å². The molecule has 0 radical (unpaired) electrons. The van der Waals surface area contributed by atoms with Crippen molar-refractivity contribution < 1.29 is 19.2 Å². The van der Waals surface area contributed by atoms with Crippen LogP contribution in [0, 0.1) is 18.3 Å². The maximum absolute atomic E-state index is 12.6. The molecule has 1 aliphatic heterocycles. The lowest BCUT2D eigenvalue weighted by Gasteiger charge is -2.40. The van der Waals surface area contributed by atoms with Crippen LogP contribution in [0.15, 0.2) is 34.9 Å². The van der Waals surface area contributed by atoms with Gasteiger partial charge in [0.2, 0.25) is 5.91 Å². The van der Waals surface area contributed by atoms with Gasteiger partial charge in [0.25, 0.3) is 0 Å². The predicted octanol–water partition coefficient (Wildman–Crippen LogP) is 3.93. The smallest absolute Gasteiger partial charge is 0.311 e. The van der Waals surface area contributed by atoms with E-state index < -0.39 is 11.4 Å². The van der Waals surface area contributed by atoms with Crippen LogP contribution in [0.4, 0.5) is 0 Å². The number of likely N-dealkylation sites (tertiary alicyclic amines) is 1. The highest BCUT2D eigenvalue weighted by atomic mass is 16.5. The number of hydrogen-bond donors (Lipinski definition) is 1. The number of aliphatic carboxylic acids is 1. The first-order chi connectivity index (χ1) is 13.4. The van der Waals surface area contributed by atoms with Crippen molar-refractivity contribution in [2.75, 3.05) is 13.1 Å². The summed E-state index contributed by atoms with van der Waals surface area (Å²) in [5, 5.41) is 14.2. The summed E-state index contributed by atoms with van der Waals surface area (Å²) in [4.78, 5) is 26.5. The predicted molar refractivity (Wildman–Crippen MR) is 106 cm³/mol. The van der Waals surface area contributed by atoms with E-state index in [4.69, 9.17) is 4.52 Å². The van der Waals surface area contributed by atoms with E-state index >= 15 is 0 Å². The van der Waals surface area contributed by atoms with Gasteiger partial charge in [0.05, 0.1) is 5.41 Å². The average Bonchev–Trinajstić information content (AvgIpc) is 3.15. The molecule has 0 spiro atoms. The van der Waals surface area contributed by atoms with E-state index in [1.807, 2.05) is 51.1 Å². The number of benzene rings is 1. The van der Waals surface area contributed by atoms with Crippen molar-refractivity contribution in [3.05, 3.63) is 41.7 Å². The van der Waals surface area contributed by atoms with Crippen LogP contribution in [-0.4, -0.2) is 40.1 Å². The monoisotopic (exact) mass is 384 g/mol. The molecule has 1 N–H and O–H groups in total. The van der Waals surface area contributed by atoms with Crippen molar-refractivity contribution in [2.45, 2.75) is 46.5 Å². The standard InChI is InChI=1S/C22H28N2O4/c1-4-15(2)20(25)24-11-7-10-22(14-24,21(26)27)13-17-12-19(23-28-17)18-9-6-5-8-16(18)3/h5-6,8-9,12,15H,4,7,10-11,13-14H2,1-3H3,(H,26,27)/t15-,22+/m1/s1. The van der Waals surface area contributed by atoms with Crippen molar-refractivity contribution in [3.8, 4) is 11.3 Å². The van der Waals surface area contributed by atoms with Gasteiger partial charge < -0.3 is 14.5 Å². The van der Waals surface area contributed by atoms with Crippen molar-refractivity contribution in [2.24, 2.45) is 11.3 Å². The second-order valence-corrected chi connectivity index (χ2v) is 7.93. The summed E-state index contributed by atoms with van der Waals surface area (Å²) < 4.78 is 5.50. The summed E-state index contributed by atoms with van der Waals surface area (Å²) >= 11 is 0. The lowest BCUT2D eigenvalue weighted by atomic mass is 9.76. The van der Waals surface area contributed by atoms with Crippen LogP contribution in [0.1, 0.15) is 44.4 Å². The van der Waals surface area contributed by atoms with Crippen LogP contribution in [-0.2, 0) is 16.0 Å². The maximum atomic E-state index is 12.6. The fourth-order valence-electron chi connectivity index (χ4n) is 3.92. The Balaban J connectivity index is 1.83. The molecule has 2 heterocycles. The van der Waals surface area contributed by atoms with Gasteiger partial charge in [-0.25, -0.2) is 0 Å². The number of carbonyl (C=O) groups excluding carboxylic acids is 1. The number of aromatic nitrogens is 1. The molecule has 1 aromatic heterocycles. The molecule has 0 unspecified atom stereocenters. The Morgan fingerprint density at radius 2 is 2.11 bits per heavy atom. The van der Waals surface area contributed by atoms with Crippen LogP contribution in [0.2, 0.25) is 0 Å². The minimum atomic E-state index is -1.04. The molecule has 3 rings (SSSR count). The number of aryl methyl sites for hydroxylation is 1. The highest BCUT2D eigenvalue weighted by Crippen LogP contribution is 2.36. The van der Waals surface area contributed by atoms with Gasteiger partial charge >= 0.3 is 5.97 Å². The summed E-state index contributed by atoms with van der Waals surface area (Å²) in [6.07, 6.45) is 2.17. The third-order valence-electron chi connectivity index (χ3n) is 5.87. The Kier molecular flexibility index (Phi) is 5.87. The van der Waals surface area contributed by atoms with Gasteiger partial charge in [-0.2, -0.15) is 0 Å². The van der Waals surface area contributed by atoms with Crippen molar-refractivity contribution >= 4 is 11.9 Å². The molecule has 2 aromatic rings. The van der Waals surface area contributed by atoms with Gasteiger partial charge in [-0.15, -0.1) is 0 Å². The molecule has 1 aliphatic rings. The number of nitrogens with zero attached hydrogens (tertiary/aromatic N) is 2. The molecule has 1 amide bonds. The lowest BCUT2D eigenvalue weighted by molar-refractivity contribution is -0.156. The number of amides is 1. The molecule has 1 aromatic carbocycles. The Bertz CT molecular complexity index is 860. The Labute approximate surface area is 165 Å². The van der Waals surface area contributed by atoms with E-state index in [0.29, 0.717) is 30.8 Å². The van der Waals surface area contributed by atoms with Gasteiger partial charge in [0, 0.05) is 37.1 Å². The largest absolute Gasteiger partial charge is 0.481 e. The van der Waals surface area contributed by atoms with Crippen molar-refractivity contribution in [1.29, 1.82) is 0 Å². The van der Waals surface area contributed by atoms with E-state index in [-0.39, 0.29) is 24.8 Å². The van der Waals surface area contributed by atoms with Gasteiger partial charge in [0.1, 0.15) is 11.5 Å². The molecule has 1 saturated heterocycles. The summed E-state index contributed by atoms with van der Waals surface area (Å²) in [7, 11) is 0. The van der Waals surface area contributed by atoms with Crippen LogP contribution in [0.25, 0.3) is 11.3 Å². The highest BCUT2D eigenvalue weighted by Gasteiger charge is 2.45. The Hall–Kier alpha value is -2.63. The molecule has 28 heavy (non-hydrogen) atoms. The first-order valence-electron chi connectivity index (χ1n) is 9.90. The van der Waals surface area contributed by atoms with Crippen LogP contribution < -0.4 is 0 Å². The molecule has 6 nitrogen and oxygen atoms in total. The van der Waals surface area contributed by atoms with Gasteiger partial charge in [0.15, 0.2) is 0 Å². The van der Waals surface area contributed by atoms with Gasteiger partial charge in [-0.05, 0) is 31.7 Å². The van der Waals surface area contributed by atoms with E-state index in [2.05, 4.69) is 5.16 Å². The normalized spacial score (nSPS) is 20.8. The molecule has 1 fully saturated rings. The molecule has 0 saturated carbocycles. The highest BCUT2D eigenvalue weighted by molar-refractivity contribution is 5.81. The summed E-state index contributed by atoms with van der Waals surface area (Å²) in [6, 6.07) is 9.70. The number of rotatable bonds is 6. The zero-order chi connectivity index (χ0) is 20.3. The number of piperidine rings is 1. The number of carboxylic acid groups (broad SMARTS) is 1. The summed E-state index contributed by atoms with van der Waals surface area (Å²) in [5.41, 5.74) is 1.72. The molecule has 0 aliphatic carbocycles. The Morgan fingerprint density at radius 1 is 1.36 bits per heavy atom. The second-order valence-electron chi connectivity index (χ2n) is 7.93. The minimum Gasteiger partial charge on any atom is -0.481 e. The van der Waals surface area contributed by atoms with Gasteiger partial charge in [-0.3, -0.25) is 9.59 Å². The first-order valence-corrected chi connectivity index (χ1v) is 9.90. The molecular weight excluding hydrogens is 356 g/mol. The Morgan fingerprint density at radius 3 is 2.79 bits per heavy atom. The topological polar surface area (TPSA) is 83.6 Å². The first kappa shape index (κ1) is 20.1. The van der Waals surface area contributed by atoms with Gasteiger partial charge in [-0.1, -0.05) is 43.3 Å². The maximum Gasteiger partial charge on any atom is 0.311 e. The SMILES string of the molecule is CC[C@@H](C)C(=O)N1CCC[C@@](Cc2cc(-c3ccccc3C)no2)(C(=O)O)C1. The fourth-order valence-corrected chi connectivity index (χ4v) is 3.92. The average molecular weight is 384 g/mol. The van der Waals surface area contributed by atoms with Crippen LogP contribution in [0.3, 0.4) is 0 Å². The minimum absolute atomic E-state index is 0.0333. The van der Waals surface area contributed by atoms with E-state index in [9.17, 15) is 14.7 Å². The number of hydrogen-bond acceptors (Lipinski definition) is 4. The molecule has 2 atom stereocenters. The quantitative estimate of drug-likeness (QED) is 0.816. The van der Waals surface area contributed by atoms with Crippen molar-refractivity contribution in [3.63, 3.8) is 0 Å². The summed E-state index contributed by atoms with van der Waals surface area (Å²) in [6.45, 7) is 6.69. The van der Waals surface area contributed by atoms with E-state index in [0.717, 1.165) is 17.5 Å². The number of carbonyl (C=O) groups is 2. The lowest BCUT2D eigenvalue weighted by Crippen LogP contribution is -2.52. The third kappa shape index (κ3) is 3.96. The summed E-state index contributed by atoms with van der Waals surface area (Å²) in [5.74, 6) is -0.407. The second kappa shape index (κ2) is 8.17. The molecule has 6 heteroatoms. The number of carboxylic acids is 1. The molecule has 150 valence electrons. The van der Waals surface area contributed by atoms with Crippen LogP contribution in [0.5, 0.6) is 0 Å². The molecular formula is C22H28N2O4. The zero-order valence-corrected chi connectivity index (χ0v) is 16.8. The van der Waals surface area contributed by atoms with Crippen molar-refractivity contribution in [1.82, 2.24) is 10.1 Å². The fraction of sp³-hybridized carbons (Fsp3) is 0.500.